The van der Waals surface area contributed by atoms with Crippen LogP contribution in [0, 0.1) is 23.2 Å². The third-order valence-corrected chi connectivity index (χ3v) is 6.89. The molecule has 2 fully saturated rings. The number of rotatable bonds is 7. The van der Waals surface area contributed by atoms with Crippen molar-refractivity contribution >= 4 is 0 Å². The predicted molar refractivity (Wildman–Crippen MR) is 102 cm³/mol. The lowest BCUT2D eigenvalue weighted by Gasteiger charge is -2.33. The van der Waals surface area contributed by atoms with Crippen molar-refractivity contribution in [3.63, 3.8) is 0 Å². The Morgan fingerprint density at radius 1 is 1.16 bits per heavy atom. The van der Waals surface area contributed by atoms with E-state index < -0.39 is 6.10 Å². The highest BCUT2D eigenvalue weighted by molar-refractivity contribution is 5.13. The van der Waals surface area contributed by atoms with Gasteiger partial charge in [-0.15, -0.1) is 0 Å². The molecule has 5 atom stereocenters. The third-order valence-electron chi connectivity index (χ3n) is 6.89. The highest BCUT2D eigenvalue weighted by Crippen LogP contribution is 2.60. The van der Waals surface area contributed by atoms with Crippen LogP contribution in [0.25, 0.3) is 0 Å². The van der Waals surface area contributed by atoms with Gasteiger partial charge in [-0.05, 0) is 36.0 Å². The van der Waals surface area contributed by atoms with Crippen LogP contribution in [0.2, 0.25) is 0 Å². The summed E-state index contributed by atoms with van der Waals surface area (Å²) >= 11 is 0. The Morgan fingerprint density at radius 3 is 2.40 bits per heavy atom. The van der Waals surface area contributed by atoms with Gasteiger partial charge in [0.05, 0.1) is 26.8 Å². The van der Waals surface area contributed by atoms with E-state index in [1.807, 2.05) is 6.07 Å². The summed E-state index contributed by atoms with van der Waals surface area (Å²) in [6.07, 6.45) is 2.56. The number of hydrogen-bond acceptors (Lipinski definition) is 2. The molecule has 1 aromatic rings. The van der Waals surface area contributed by atoms with E-state index >= 15 is 0 Å². The summed E-state index contributed by atoms with van der Waals surface area (Å²) in [6, 6.07) is 10.5. The number of fused-ring (bicyclic) bond motifs is 2. The Hall–Kier alpha value is -0.900. The lowest BCUT2D eigenvalue weighted by atomic mass is 9.80. The molecule has 1 aromatic carbocycles. The van der Waals surface area contributed by atoms with Crippen molar-refractivity contribution in [1.29, 1.82) is 0 Å². The van der Waals surface area contributed by atoms with Crippen LogP contribution in [0.4, 0.5) is 0 Å². The summed E-state index contributed by atoms with van der Waals surface area (Å²) in [5, 5.41) is 10.6. The fraction of sp³-hybridized carbons (Fsp3) is 0.727. The van der Waals surface area contributed by atoms with Crippen molar-refractivity contribution in [3.8, 4) is 0 Å². The van der Waals surface area contributed by atoms with Gasteiger partial charge in [0.1, 0.15) is 19.2 Å². The highest BCUT2D eigenvalue weighted by atomic mass is 16.5. The minimum Gasteiger partial charge on any atom is -0.385 e. The van der Waals surface area contributed by atoms with E-state index in [1.54, 1.807) is 0 Å². The van der Waals surface area contributed by atoms with Crippen LogP contribution in [0.15, 0.2) is 30.3 Å². The first kappa shape index (κ1) is 18.9. The SMILES string of the molecule is C[C@@H]1[C@H](OC[C@@H](O)C[N+](C)(C)Cc2ccccc2)[C@@H]2CC[C@@H]1C2(C)C. The minimum atomic E-state index is -0.409. The van der Waals surface area contributed by atoms with Crippen molar-refractivity contribution in [2.24, 2.45) is 23.2 Å². The van der Waals surface area contributed by atoms with Crippen LogP contribution in [0.3, 0.4) is 0 Å². The Morgan fingerprint density at radius 2 is 1.80 bits per heavy atom. The monoisotopic (exact) mass is 346 g/mol. The van der Waals surface area contributed by atoms with E-state index in [0.717, 1.165) is 16.9 Å². The molecule has 0 amide bonds. The summed E-state index contributed by atoms with van der Waals surface area (Å²) in [6.45, 7) is 9.27. The molecular formula is C22H36NO2+. The molecule has 0 radical (unpaired) electrons. The average molecular weight is 347 g/mol. The number of aliphatic hydroxyl groups excluding tert-OH is 1. The van der Waals surface area contributed by atoms with Crippen molar-refractivity contribution in [2.45, 2.75) is 52.4 Å². The van der Waals surface area contributed by atoms with Gasteiger partial charge < -0.3 is 14.3 Å². The largest absolute Gasteiger partial charge is 0.385 e. The fourth-order valence-electron chi connectivity index (χ4n) is 5.76. The van der Waals surface area contributed by atoms with E-state index in [-0.39, 0.29) is 0 Å². The molecule has 3 rings (SSSR count). The van der Waals surface area contributed by atoms with Gasteiger partial charge in [0.2, 0.25) is 0 Å². The van der Waals surface area contributed by atoms with Crippen LogP contribution >= 0.6 is 0 Å². The lowest BCUT2D eigenvalue weighted by molar-refractivity contribution is -0.906. The Labute approximate surface area is 153 Å². The molecule has 1 N–H and O–H groups in total. The van der Waals surface area contributed by atoms with E-state index in [4.69, 9.17) is 4.74 Å². The molecule has 0 spiro atoms. The van der Waals surface area contributed by atoms with Gasteiger partial charge in [0, 0.05) is 5.56 Å². The number of quaternary nitrogens is 1. The smallest absolute Gasteiger partial charge is 0.126 e. The lowest BCUT2D eigenvalue weighted by Crippen LogP contribution is -2.46. The second-order valence-electron chi connectivity index (χ2n) is 9.68. The quantitative estimate of drug-likeness (QED) is 0.763. The normalized spacial score (nSPS) is 32.1. The van der Waals surface area contributed by atoms with Crippen molar-refractivity contribution < 1.29 is 14.3 Å². The van der Waals surface area contributed by atoms with Gasteiger partial charge >= 0.3 is 0 Å². The van der Waals surface area contributed by atoms with Gasteiger partial charge in [0.15, 0.2) is 0 Å². The van der Waals surface area contributed by atoms with Crippen LogP contribution in [-0.4, -0.2) is 49.0 Å². The third kappa shape index (κ3) is 3.94. The second-order valence-corrected chi connectivity index (χ2v) is 9.68. The number of likely N-dealkylation sites (N-methyl/N-ethyl adjacent to an activating group) is 1. The number of ether oxygens (including phenoxy) is 1. The summed E-state index contributed by atoms with van der Waals surface area (Å²) in [7, 11) is 4.36. The Kier molecular flexibility index (Phi) is 5.30. The first-order valence-electron chi connectivity index (χ1n) is 9.86. The van der Waals surface area contributed by atoms with Gasteiger partial charge in [-0.1, -0.05) is 51.1 Å². The summed E-state index contributed by atoms with van der Waals surface area (Å²) in [4.78, 5) is 0. The number of hydrogen-bond donors (Lipinski definition) is 1. The second kappa shape index (κ2) is 7.02. The number of benzene rings is 1. The maximum atomic E-state index is 10.6. The van der Waals surface area contributed by atoms with Crippen molar-refractivity contribution in [3.05, 3.63) is 35.9 Å². The van der Waals surface area contributed by atoms with Gasteiger partial charge in [-0.3, -0.25) is 0 Å². The topological polar surface area (TPSA) is 29.5 Å². The Balaban J connectivity index is 1.50. The number of aliphatic hydroxyl groups is 1. The zero-order valence-corrected chi connectivity index (χ0v) is 16.6. The van der Waals surface area contributed by atoms with Crippen LogP contribution in [-0.2, 0) is 11.3 Å². The molecule has 25 heavy (non-hydrogen) atoms. The van der Waals surface area contributed by atoms with Gasteiger partial charge in [-0.2, -0.15) is 0 Å². The summed E-state index contributed by atoms with van der Waals surface area (Å²) < 4.78 is 7.05. The zero-order chi connectivity index (χ0) is 18.2. The predicted octanol–water partition coefficient (Wildman–Crippen LogP) is 3.71. The van der Waals surface area contributed by atoms with E-state index in [0.29, 0.717) is 36.5 Å². The molecule has 140 valence electrons. The van der Waals surface area contributed by atoms with Gasteiger partial charge in [-0.25, -0.2) is 0 Å². The highest BCUT2D eigenvalue weighted by Gasteiger charge is 2.57. The summed E-state index contributed by atoms with van der Waals surface area (Å²) in [5.74, 6) is 2.06. The molecule has 0 unspecified atom stereocenters. The van der Waals surface area contributed by atoms with Crippen molar-refractivity contribution in [1.82, 2.24) is 0 Å². The molecule has 0 saturated heterocycles. The maximum Gasteiger partial charge on any atom is 0.126 e. The number of nitrogens with zero attached hydrogens (tertiary/aromatic N) is 1. The molecule has 2 aliphatic carbocycles. The average Bonchev–Trinajstić information content (AvgIpc) is 2.91. The summed E-state index contributed by atoms with van der Waals surface area (Å²) in [5.41, 5.74) is 1.71. The van der Waals surface area contributed by atoms with E-state index in [2.05, 4.69) is 59.1 Å². The molecule has 3 nitrogen and oxygen atoms in total. The molecule has 3 heteroatoms. The molecule has 0 aromatic heterocycles. The molecule has 2 bridgehead atoms. The van der Waals surface area contributed by atoms with Gasteiger partial charge in [0.25, 0.3) is 0 Å². The standard InChI is InChI=1S/C22H36NO2/c1-16-19-11-12-20(22(19,2)3)21(16)25-15-18(24)14-23(4,5)13-17-9-7-6-8-10-17/h6-10,16,18-21,24H,11-15H2,1-5H3/q+1/t16-,18-,19-,20-,21-/m0/s1. The maximum absolute atomic E-state index is 10.6. The molecule has 2 aliphatic rings. The molecule has 0 aliphatic heterocycles. The zero-order valence-electron chi connectivity index (χ0n) is 16.6. The first-order valence-corrected chi connectivity index (χ1v) is 9.86. The molecule has 0 heterocycles. The van der Waals surface area contributed by atoms with Crippen LogP contribution in [0.1, 0.15) is 39.2 Å². The van der Waals surface area contributed by atoms with E-state index in [9.17, 15) is 5.11 Å². The molecular weight excluding hydrogens is 310 g/mol. The van der Waals surface area contributed by atoms with Crippen LogP contribution < -0.4 is 0 Å². The Bertz CT molecular complexity index is 569. The fourth-order valence-corrected chi connectivity index (χ4v) is 5.76. The van der Waals surface area contributed by atoms with Crippen LogP contribution in [0.5, 0.6) is 0 Å². The molecule has 2 saturated carbocycles. The van der Waals surface area contributed by atoms with E-state index in [1.165, 1.54) is 18.4 Å². The first-order chi connectivity index (χ1) is 11.7. The minimum absolute atomic E-state index is 0.327. The van der Waals surface area contributed by atoms with Crippen molar-refractivity contribution in [2.75, 3.05) is 27.2 Å².